The number of primary amides is 1. The van der Waals surface area contributed by atoms with Gasteiger partial charge in [-0.25, -0.2) is 8.42 Å². The van der Waals surface area contributed by atoms with Crippen LogP contribution >= 0.6 is 0 Å². The Morgan fingerprint density at radius 3 is 2.28 bits per heavy atom. The molecule has 0 spiro atoms. The van der Waals surface area contributed by atoms with Crippen molar-refractivity contribution in [1.82, 2.24) is 4.47 Å². The second-order valence-corrected chi connectivity index (χ2v) is 5.54. The van der Waals surface area contributed by atoms with Gasteiger partial charge in [-0.3, -0.25) is 10.0 Å². The normalized spacial score (nSPS) is 13.6. The van der Waals surface area contributed by atoms with Crippen LogP contribution in [-0.2, 0) is 14.8 Å². The summed E-state index contributed by atoms with van der Waals surface area (Å²) >= 11 is 0. The third kappa shape index (κ3) is 2.85. The first-order valence-electron chi connectivity index (χ1n) is 5.10. The number of amides is 1. The van der Waals surface area contributed by atoms with E-state index in [1.54, 1.807) is 19.1 Å². The molecule has 0 saturated carbocycles. The molecule has 1 rings (SSSR count). The fourth-order valence-corrected chi connectivity index (χ4v) is 2.52. The first-order valence-corrected chi connectivity index (χ1v) is 6.54. The van der Waals surface area contributed by atoms with Crippen LogP contribution in [-0.4, -0.2) is 36.6 Å². The Morgan fingerprint density at radius 2 is 1.89 bits per heavy atom. The average Bonchev–Trinajstić information content (AvgIpc) is 2.29. The highest BCUT2D eigenvalue weighted by atomic mass is 32.2. The zero-order valence-corrected chi connectivity index (χ0v) is 10.6. The van der Waals surface area contributed by atoms with E-state index in [4.69, 9.17) is 11.5 Å². The van der Waals surface area contributed by atoms with E-state index in [0.29, 0.717) is 0 Å². The summed E-state index contributed by atoms with van der Waals surface area (Å²) in [6, 6.07) is 4.30. The number of nitrogens with zero attached hydrogens (tertiary/aromatic N) is 1. The number of nitrogens with two attached hydrogens (primary N) is 2. The Labute approximate surface area is 105 Å². The molecule has 0 unspecified atom stereocenters. The quantitative estimate of drug-likeness (QED) is 0.604. The lowest BCUT2D eigenvalue weighted by atomic mass is 10.2. The van der Waals surface area contributed by atoms with Crippen LogP contribution in [0.25, 0.3) is 0 Å². The molecule has 0 fully saturated rings. The van der Waals surface area contributed by atoms with Gasteiger partial charge >= 0.3 is 0 Å². The van der Waals surface area contributed by atoms with Crippen molar-refractivity contribution < 1.29 is 18.4 Å². The van der Waals surface area contributed by atoms with Crippen LogP contribution in [0.2, 0.25) is 0 Å². The van der Waals surface area contributed by atoms with Crippen molar-refractivity contribution in [2.75, 3.05) is 6.54 Å². The number of hydroxylamine groups is 1. The molecule has 0 saturated heterocycles. The predicted molar refractivity (Wildman–Crippen MR) is 64.0 cm³/mol. The molecule has 18 heavy (non-hydrogen) atoms. The molecule has 1 amide bonds. The molecular formula is C10H15N3O4S. The molecule has 0 aliphatic heterocycles. The van der Waals surface area contributed by atoms with Crippen molar-refractivity contribution in [2.45, 2.75) is 17.9 Å². The van der Waals surface area contributed by atoms with E-state index in [9.17, 15) is 18.4 Å². The van der Waals surface area contributed by atoms with E-state index in [1.807, 2.05) is 0 Å². The van der Waals surface area contributed by atoms with Crippen LogP contribution < -0.4 is 11.5 Å². The van der Waals surface area contributed by atoms with Crippen LogP contribution in [0.1, 0.15) is 5.56 Å². The van der Waals surface area contributed by atoms with E-state index in [-0.39, 0.29) is 9.36 Å². The van der Waals surface area contributed by atoms with Gasteiger partial charge in [-0.1, -0.05) is 22.2 Å². The first kappa shape index (κ1) is 14.6. The SMILES string of the molecule is Cc1ccc(S(=O)(=O)N(O)[C@@H](CN)C(N)=O)cc1. The Morgan fingerprint density at radius 1 is 1.39 bits per heavy atom. The number of benzene rings is 1. The molecule has 100 valence electrons. The molecule has 5 N–H and O–H groups in total. The van der Waals surface area contributed by atoms with Crippen molar-refractivity contribution in [3.63, 3.8) is 0 Å². The number of sulfonamides is 1. The summed E-state index contributed by atoms with van der Waals surface area (Å²) < 4.78 is 23.8. The van der Waals surface area contributed by atoms with Gasteiger partial charge in [0, 0.05) is 6.54 Å². The summed E-state index contributed by atoms with van der Waals surface area (Å²) in [5, 5.41) is 9.59. The zero-order valence-electron chi connectivity index (χ0n) is 9.78. The maximum absolute atomic E-state index is 12.0. The molecule has 0 bridgehead atoms. The molecule has 8 heteroatoms. The Bertz CT molecular complexity index is 527. The minimum Gasteiger partial charge on any atom is -0.368 e. The molecular weight excluding hydrogens is 258 g/mol. The van der Waals surface area contributed by atoms with E-state index in [2.05, 4.69) is 0 Å². The lowest BCUT2D eigenvalue weighted by Gasteiger charge is -2.21. The van der Waals surface area contributed by atoms with Crippen LogP contribution in [0.15, 0.2) is 29.2 Å². The smallest absolute Gasteiger partial charge is 0.265 e. The molecule has 1 aromatic rings. The predicted octanol–water partition coefficient (Wildman–Crippen LogP) is -0.812. The van der Waals surface area contributed by atoms with Crippen LogP contribution in [0.3, 0.4) is 0 Å². The molecule has 0 aliphatic rings. The van der Waals surface area contributed by atoms with E-state index >= 15 is 0 Å². The van der Waals surface area contributed by atoms with Gasteiger partial charge in [0.2, 0.25) is 5.91 Å². The van der Waals surface area contributed by atoms with Gasteiger partial charge in [0.15, 0.2) is 0 Å². The maximum Gasteiger partial charge on any atom is 0.265 e. The summed E-state index contributed by atoms with van der Waals surface area (Å²) in [7, 11) is -4.20. The largest absolute Gasteiger partial charge is 0.368 e. The lowest BCUT2D eigenvalue weighted by molar-refractivity contribution is -0.130. The fraction of sp³-hybridized carbons (Fsp3) is 0.300. The summed E-state index contributed by atoms with van der Waals surface area (Å²) in [6.07, 6.45) is 0. The van der Waals surface area contributed by atoms with Gasteiger partial charge in [-0.15, -0.1) is 0 Å². The van der Waals surface area contributed by atoms with Gasteiger partial charge < -0.3 is 11.5 Å². The van der Waals surface area contributed by atoms with Crippen molar-refractivity contribution >= 4 is 15.9 Å². The number of carbonyl (C=O) groups is 1. The Hall–Kier alpha value is -1.48. The van der Waals surface area contributed by atoms with Crippen LogP contribution in [0, 0.1) is 6.92 Å². The van der Waals surface area contributed by atoms with Gasteiger partial charge in [0.05, 0.1) is 4.90 Å². The molecule has 0 aliphatic carbocycles. The molecule has 0 aromatic heterocycles. The van der Waals surface area contributed by atoms with Gasteiger partial charge in [0.1, 0.15) is 6.04 Å². The van der Waals surface area contributed by atoms with Crippen LogP contribution in [0.5, 0.6) is 0 Å². The van der Waals surface area contributed by atoms with E-state index in [0.717, 1.165) is 5.56 Å². The number of hydrogen-bond acceptors (Lipinski definition) is 5. The van der Waals surface area contributed by atoms with Gasteiger partial charge in [0.25, 0.3) is 10.0 Å². The number of aryl methyl sites for hydroxylation is 1. The third-order valence-corrected chi connectivity index (χ3v) is 4.00. The molecule has 1 aromatic carbocycles. The lowest BCUT2D eigenvalue weighted by Crippen LogP contribution is -2.50. The van der Waals surface area contributed by atoms with Crippen molar-refractivity contribution in [3.8, 4) is 0 Å². The van der Waals surface area contributed by atoms with Crippen molar-refractivity contribution in [1.29, 1.82) is 0 Å². The molecule has 0 heterocycles. The fourth-order valence-electron chi connectivity index (χ4n) is 1.30. The highest BCUT2D eigenvalue weighted by Crippen LogP contribution is 2.16. The maximum atomic E-state index is 12.0. The van der Waals surface area contributed by atoms with Gasteiger partial charge in [-0.2, -0.15) is 0 Å². The Balaban J connectivity index is 3.13. The van der Waals surface area contributed by atoms with Gasteiger partial charge in [-0.05, 0) is 19.1 Å². The monoisotopic (exact) mass is 273 g/mol. The second-order valence-electron chi connectivity index (χ2n) is 3.74. The highest BCUT2D eigenvalue weighted by molar-refractivity contribution is 7.89. The second kappa shape index (κ2) is 5.44. The number of hydrogen-bond donors (Lipinski definition) is 3. The standard InChI is InChI=1S/C10H15N3O4S/c1-7-2-4-8(5-3-7)18(16,17)13(15)9(6-11)10(12)14/h2-5,9,15H,6,11H2,1H3,(H2,12,14)/t9-/m0/s1. The molecule has 1 atom stereocenters. The topological polar surface area (TPSA) is 127 Å². The molecule has 0 radical (unpaired) electrons. The van der Waals surface area contributed by atoms with E-state index in [1.165, 1.54) is 12.1 Å². The van der Waals surface area contributed by atoms with Crippen molar-refractivity contribution in [2.24, 2.45) is 11.5 Å². The van der Waals surface area contributed by atoms with E-state index < -0.39 is 28.5 Å². The molecule has 7 nitrogen and oxygen atoms in total. The number of carbonyl (C=O) groups excluding carboxylic acids is 1. The third-order valence-electron chi connectivity index (χ3n) is 2.38. The average molecular weight is 273 g/mol. The minimum absolute atomic E-state index is 0.0972. The Kier molecular flexibility index (Phi) is 4.41. The number of rotatable bonds is 5. The van der Waals surface area contributed by atoms with Crippen molar-refractivity contribution in [3.05, 3.63) is 29.8 Å². The summed E-state index contributed by atoms with van der Waals surface area (Å²) in [6.45, 7) is 1.39. The first-order chi connectivity index (χ1) is 8.30. The summed E-state index contributed by atoms with van der Waals surface area (Å²) in [5.41, 5.74) is 11.0. The summed E-state index contributed by atoms with van der Waals surface area (Å²) in [4.78, 5) is 10.8. The summed E-state index contributed by atoms with van der Waals surface area (Å²) in [5.74, 6) is -1.02. The zero-order chi connectivity index (χ0) is 13.9. The highest BCUT2D eigenvalue weighted by Gasteiger charge is 2.32. The van der Waals surface area contributed by atoms with Crippen LogP contribution in [0.4, 0.5) is 0 Å². The minimum atomic E-state index is -4.20.